The minimum absolute atomic E-state index is 0.213. The van der Waals surface area contributed by atoms with Crippen molar-refractivity contribution in [1.29, 1.82) is 0 Å². The maximum Gasteiger partial charge on any atom is 0.191 e. The van der Waals surface area contributed by atoms with Gasteiger partial charge in [-0.05, 0) is 62.7 Å². The molecule has 0 bridgehead atoms. The first-order valence-electron chi connectivity index (χ1n) is 11.3. The maximum atomic E-state index is 5.80. The monoisotopic (exact) mass is 428 g/mol. The van der Waals surface area contributed by atoms with Gasteiger partial charge in [-0.2, -0.15) is 0 Å². The Balaban J connectivity index is 1.58. The Bertz CT molecular complexity index is 773. The van der Waals surface area contributed by atoms with E-state index < -0.39 is 0 Å². The second-order valence-electron chi connectivity index (χ2n) is 7.69. The van der Waals surface area contributed by atoms with E-state index >= 15 is 0 Å². The number of ether oxygens (including phenoxy) is 2. The fourth-order valence-corrected chi connectivity index (χ4v) is 3.78. The number of nitrogens with zero attached hydrogens (tertiary/aromatic N) is 2. The molecule has 0 saturated carbocycles. The summed E-state index contributed by atoms with van der Waals surface area (Å²) in [5, 5.41) is 6.86. The number of aliphatic imine (C=N–C) groups is 1. The molecule has 31 heavy (non-hydrogen) atoms. The summed E-state index contributed by atoms with van der Waals surface area (Å²) in [7, 11) is 1.70. The van der Waals surface area contributed by atoms with E-state index in [0.29, 0.717) is 19.8 Å². The van der Waals surface area contributed by atoms with E-state index in [1.807, 2.05) is 18.2 Å². The molecule has 1 aliphatic heterocycles. The van der Waals surface area contributed by atoms with Crippen molar-refractivity contribution in [1.82, 2.24) is 15.5 Å². The zero-order valence-corrected chi connectivity index (χ0v) is 18.8. The molecular formula is C24H36N4O3. The first-order valence-corrected chi connectivity index (χ1v) is 11.3. The van der Waals surface area contributed by atoms with Crippen LogP contribution in [0.25, 0.3) is 0 Å². The molecule has 1 atom stereocenters. The minimum Gasteiger partial charge on any atom is -0.493 e. The van der Waals surface area contributed by atoms with Crippen LogP contribution in [0.2, 0.25) is 0 Å². The van der Waals surface area contributed by atoms with Crippen molar-refractivity contribution in [2.24, 2.45) is 4.99 Å². The summed E-state index contributed by atoms with van der Waals surface area (Å²) in [6.07, 6.45) is 5.12. The Kier molecular flexibility index (Phi) is 9.73. The summed E-state index contributed by atoms with van der Waals surface area (Å²) in [6.45, 7) is 7.80. The molecule has 1 aromatic carbocycles. The molecule has 7 heteroatoms. The third-order valence-electron chi connectivity index (χ3n) is 5.34. The second kappa shape index (κ2) is 13.0. The van der Waals surface area contributed by atoms with Crippen molar-refractivity contribution in [2.75, 3.05) is 46.5 Å². The van der Waals surface area contributed by atoms with Crippen LogP contribution in [-0.2, 0) is 11.3 Å². The molecule has 1 aliphatic rings. The number of benzene rings is 1. The van der Waals surface area contributed by atoms with Crippen LogP contribution in [0.3, 0.4) is 0 Å². The Morgan fingerprint density at radius 2 is 2.03 bits per heavy atom. The largest absolute Gasteiger partial charge is 0.493 e. The quantitative estimate of drug-likeness (QED) is 0.306. The maximum absolute atomic E-state index is 5.80. The van der Waals surface area contributed by atoms with Gasteiger partial charge in [-0.25, -0.2) is 4.99 Å². The van der Waals surface area contributed by atoms with E-state index in [1.54, 1.807) is 13.4 Å². The average Bonchev–Trinajstić information content (AvgIpc) is 3.51. The number of likely N-dealkylation sites (tertiary alicyclic amines) is 1. The van der Waals surface area contributed by atoms with Crippen molar-refractivity contribution in [3.63, 3.8) is 0 Å². The van der Waals surface area contributed by atoms with Crippen LogP contribution in [0.1, 0.15) is 43.6 Å². The molecule has 3 rings (SSSR count). The number of furan rings is 1. The summed E-state index contributed by atoms with van der Waals surface area (Å²) in [4.78, 5) is 7.27. The minimum atomic E-state index is 0.213. The van der Waals surface area contributed by atoms with Gasteiger partial charge in [0, 0.05) is 33.2 Å². The lowest BCUT2D eigenvalue weighted by Crippen LogP contribution is -2.42. The molecule has 0 radical (unpaired) electrons. The Labute approximate surface area is 185 Å². The second-order valence-corrected chi connectivity index (χ2v) is 7.69. The summed E-state index contributed by atoms with van der Waals surface area (Å²) in [5.74, 6) is 2.68. The molecular weight excluding hydrogens is 392 g/mol. The smallest absolute Gasteiger partial charge is 0.191 e. The van der Waals surface area contributed by atoms with E-state index in [1.165, 1.54) is 12.8 Å². The molecule has 2 aromatic rings. The SMILES string of the molecule is CCNC(=NCc1cccc(OCCCOC)c1)NCC(c1ccco1)N1CCCC1. The predicted molar refractivity (Wildman–Crippen MR) is 124 cm³/mol. The van der Waals surface area contributed by atoms with Crippen molar-refractivity contribution in [2.45, 2.75) is 38.8 Å². The molecule has 1 saturated heterocycles. The highest BCUT2D eigenvalue weighted by atomic mass is 16.5. The van der Waals surface area contributed by atoms with Crippen LogP contribution in [-0.4, -0.2) is 57.4 Å². The zero-order valence-electron chi connectivity index (χ0n) is 18.8. The first-order chi connectivity index (χ1) is 15.3. The molecule has 7 nitrogen and oxygen atoms in total. The molecule has 2 heterocycles. The Morgan fingerprint density at radius 1 is 1.16 bits per heavy atom. The van der Waals surface area contributed by atoms with Gasteiger partial charge in [-0.15, -0.1) is 0 Å². The van der Waals surface area contributed by atoms with Crippen molar-refractivity contribution < 1.29 is 13.9 Å². The Hall–Kier alpha value is -2.51. The van der Waals surface area contributed by atoms with Gasteiger partial charge >= 0.3 is 0 Å². The van der Waals surface area contributed by atoms with Crippen LogP contribution < -0.4 is 15.4 Å². The highest BCUT2D eigenvalue weighted by Crippen LogP contribution is 2.24. The standard InChI is InChI=1S/C24H36N4O3/c1-3-25-24(26-18-20-9-6-10-21(17-20)30-16-8-14-29-2)27-19-22(23-11-7-15-31-23)28-12-4-5-13-28/h6-7,9-11,15,17,22H,3-5,8,12-14,16,18-19H2,1-2H3,(H2,25,26,27). The lowest BCUT2D eigenvalue weighted by Gasteiger charge is -2.26. The summed E-state index contributed by atoms with van der Waals surface area (Å²) < 4.78 is 16.6. The number of hydrogen-bond acceptors (Lipinski definition) is 5. The van der Waals surface area contributed by atoms with Crippen molar-refractivity contribution in [3.05, 3.63) is 54.0 Å². The van der Waals surface area contributed by atoms with E-state index in [9.17, 15) is 0 Å². The fraction of sp³-hybridized carbons (Fsp3) is 0.542. The molecule has 0 spiro atoms. The molecule has 0 aliphatic carbocycles. The molecule has 1 aromatic heterocycles. The van der Waals surface area contributed by atoms with Gasteiger partial charge in [0.2, 0.25) is 0 Å². The fourth-order valence-electron chi connectivity index (χ4n) is 3.78. The number of rotatable bonds is 12. The van der Waals surface area contributed by atoms with E-state index in [2.05, 4.69) is 40.7 Å². The lowest BCUT2D eigenvalue weighted by molar-refractivity contribution is 0.172. The van der Waals surface area contributed by atoms with Gasteiger partial charge in [0.1, 0.15) is 11.5 Å². The van der Waals surface area contributed by atoms with E-state index in [-0.39, 0.29) is 6.04 Å². The third-order valence-corrected chi connectivity index (χ3v) is 5.34. The van der Waals surface area contributed by atoms with Crippen LogP contribution in [0.5, 0.6) is 5.75 Å². The number of guanidine groups is 1. The molecule has 0 amide bonds. The van der Waals surface area contributed by atoms with Crippen LogP contribution in [0.4, 0.5) is 0 Å². The van der Waals surface area contributed by atoms with Gasteiger partial charge in [-0.3, -0.25) is 4.90 Å². The average molecular weight is 429 g/mol. The van der Waals surface area contributed by atoms with Gasteiger partial charge in [0.25, 0.3) is 0 Å². The first kappa shape index (κ1) is 23.2. The number of hydrogen-bond donors (Lipinski definition) is 2. The van der Waals surface area contributed by atoms with Crippen LogP contribution in [0.15, 0.2) is 52.1 Å². The number of methoxy groups -OCH3 is 1. The van der Waals surface area contributed by atoms with Crippen molar-refractivity contribution >= 4 is 5.96 Å². The highest BCUT2D eigenvalue weighted by Gasteiger charge is 2.25. The van der Waals surface area contributed by atoms with E-state index in [0.717, 1.165) is 55.6 Å². The number of nitrogens with one attached hydrogen (secondary N) is 2. The topological polar surface area (TPSA) is 71.3 Å². The van der Waals surface area contributed by atoms with Gasteiger partial charge in [0.05, 0.1) is 25.5 Å². The molecule has 1 fully saturated rings. The molecule has 1 unspecified atom stereocenters. The summed E-state index contributed by atoms with van der Waals surface area (Å²) >= 11 is 0. The zero-order chi connectivity index (χ0) is 21.7. The van der Waals surface area contributed by atoms with Crippen LogP contribution >= 0.6 is 0 Å². The van der Waals surface area contributed by atoms with Crippen LogP contribution in [0, 0.1) is 0 Å². The van der Waals surface area contributed by atoms with Crippen molar-refractivity contribution in [3.8, 4) is 5.75 Å². The summed E-state index contributed by atoms with van der Waals surface area (Å²) in [5.41, 5.74) is 1.11. The summed E-state index contributed by atoms with van der Waals surface area (Å²) in [6, 6.07) is 12.4. The highest BCUT2D eigenvalue weighted by molar-refractivity contribution is 5.79. The molecule has 2 N–H and O–H groups in total. The lowest BCUT2D eigenvalue weighted by atomic mass is 10.2. The van der Waals surface area contributed by atoms with E-state index in [4.69, 9.17) is 18.9 Å². The predicted octanol–water partition coefficient (Wildman–Crippen LogP) is 3.59. The van der Waals surface area contributed by atoms with Gasteiger partial charge < -0.3 is 24.5 Å². The van der Waals surface area contributed by atoms with Gasteiger partial charge in [0.15, 0.2) is 5.96 Å². The van der Waals surface area contributed by atoms with Gasteiger partial charge in [-0.1, -0.05) is 12.1 Å². The molecule has 170 valence electrons. The normalized spacial score (nSPS) is 15.7. The Morgan fingerprint density at radius 3 is 2.77 bits per heavy atom. The third kappa shape index (κ3) is 7.60.